The standard InChI is InChI=1S/C7H6ClIN2O/c8-7-5(9)2-1-4(11-7)3-6(10)12/h1-2H,3H2,(H2,10,12). The number of halogens is 2. The molecule has 0 atom stereocenters. The maximum Gasteiger partial charge on any atom is 0.223 e. The predicted octanol–water partition coefficient (Wildman–Crippen LogP) is 1.37. The second kappa shape index (κ2) is 4.04. The fraction of sp³-hybridized carbons (Fsp3) is 0.143. The Hall–Kier alpha value is -0.360. The first kappa shape index (κ1) is 9.73. The van der Waals surface area contributed by atoms with Crippen LogP contribution in [0, 0.1) is 3.57 Å². The van der Waals surface area contributed by atoms with Gasteiger partial charge in [0, 0.05) is 0 Å². The Bertz CT molecular complexity index is 316. The third kappa shape index (κ3) is 2.60. The number of primary amides is 1. The van der Waals surface area contributed by atoms with Crippen LogP contribution >= 0.6 is 34.2 Å². The van der Waals surface area contributed by atoms with Crippen molar-refractivity contribution in [2.75, 3.05) is 0 Å². The van der Waals surface area contributed by atoms with E-state index in [0.717, 1.165) is 3.57 Å². The number of nitrogens with zero attached hydrogens (tertiary/aromatic N) is 1. The average molecular weight is 296 g/mol. The minimum Gasteiger partial charge on any atom is -0.369 e. The molecule has 3 nitrogen and oxygen atoms in total. The molecule has 0 aliphatic carbocycles. The lowest BCUT2D eigenvalue weighted by Gasteiger charge is -1.98. The molecule has 2 N–H and O–H groups in total. The Morgan fingerprint density at radius 1 is 1.67 bits per heavy atom. The van der Waals surface area contributed by atoms with Crippen LogP contribution in [0.5, 0.6) is 0 Å². The van der Waals surface area contributed by atoms with E-state index in [1.54, 1.807) is 12.1 Å². The van der Waals surface area contributed by atoms with Gasteiger partial charge < -0.3 is 5.73 Å². The molecule has 0 radical (unpaired) electrons. The molecule has 0 spiro atoms. The van der Waals surface area contributed by atoms with E-state index >= 15 is 0 Å². The Balaban J connectivity index is 2.89. The summed E-state index contributed by atoms with van der Waals surface area (Å²) in [4.78, 5) is 14.5. The van der Waals surface area contributed by atoms with Gasteiger partial charge in [-0.1, -0.05) is 11.6 Å². The van der Waals surface area contributed by atoms with Gasteiger partial charge in [-0.3, -0.25) is 4.79 Å². The van der Waals surface area contributed by atoms with Gasteiger partial charge in [0.15, 0.2) is 0 Å². The summed E-state index contributed by atoms with van der Waals surface area (Å²) in [7, 11) is 0. The first-order valence-corrected chi connectivity index (χ1v) is 4.64. The van der Waals surface area contributed by atoms with Crippen molar-refractivity contribution in [3.63, 3.8) is 0 Å². The molecule has 0 aliphatic rings. The van der Waals surface area contributed by atoms with Crippen molar-refractivity contribution in [1.82, 2.24) is 4.98 Å². The molecule has 1 rings (SSSR count). The third-order valence-electron chi connectivity index (χ3n) is 1.22. The van der Waals surface area contributed by atoms with Crippen molar-refractivity contribution in [2.45, 2.75) is 6.42 Å². The van der Waals surface area contributed by atoms with Crippen LogP contribution in [-0.4, -0.2) is 10.9 Å². The highest BCUT2D eigenvalue weighted by Crippen LogP contribution is 2.15. The first-order valence-electron chi connectivity index (χ1n) is 3.19. The van der Waals surface area contributed by atoms with Crippen LogP contribution in [0.3, 0.4) is 0 Å². The van der Waals surface area contributed by atoms with Crippen LogP contribution in [-0.2, 0) is 11.2 Å². The van der Waals surface area contributed by atoms with Crippen molar-refractivity contribution < 1.29 is 4.79 Å². The molecule has 0 unspecified atom stereocenters. The summed E-state index contributed by atoms with van der Waals surface area (Å²) < 4.78 is 0.863. The van der Waals surface area contributed by atoms with Crippen LogP contribution in [0.15, 0.2) is 12.1 Å². The van der Waals surface area contributed by atoms with E-state index in [-0.39, 0.29) is 6.42 Å². The summed E-state index contributed by atoms with van der Waals surface area (Å²) in [6, 6.07) is 3.53. The molecule has 1 heterocycles. The van der Waals surface area contributed by atoms with Crippen molar-refractivity contribution in [3.05, 3.63) is 26.5 Å². The molecule has 1 aromatic rings. The normalized spacial score (nSPS) is 9.83. The highest BCUT2D eigenvalue weighted by molar-refractivity contribution is 14.1. The average Bonchev–Trinajstić information content (AvgIpc) is 1.96. The van der Waals surface area contributed by atoms with Crippen LogP contribution in [0.2, 0.25) is 5.15 Å². The molecule has 5 heteroatoms. The molecule has 0 bridgehead atoms. The van der Waals surface area contributed by atoms with E-state index in [0.29, 0.717) is 10.8 Å². The summed E-state index contributed by atoms with van der Waals surface area (Å²) in [5.74, 6) is -0.403. The largest absolute Gasteiger partial charge is 0.369 e. The smallest absolute Gasteiger partial charge is 0.223 e. The molecular weight excluding hydrogens is 290 g/mol. The molecule has 12 heavy (non-hydrogen) atoms. The van der Waals surface area contributed by atoms with Gasteiger partial charge in [-0.05, 0) is 34.7 Å². The number of hydrogen-bond acceptors (Lipinski definition) is 2. The highest BCUT2D eigenvalue weighted by Gasteiger charge is 2.02. The topological polar surface area (TPSA) is 56.0 Å². The number of amides is 1. The van der Waals surface area contributed by atoms with Crippen molar-refractivity contribution >= 4 is 40.1 Å². The monoisotopic (exact) mass is 296 g/mol. The van der Waals surface area contributed by atoms with Crippen LogP contribution in [0.25, 0.3) is 0 Å². The van der Waals surface area contributed by atoms with Crippen molar-refractivity contribution in [3.8, 4) is 0 Å². The Kier molecular flexibility index (Phi) is 3.28. The first-order chi connectivity index (χ1) is 5.59. The van der Waals surface area contributed by atoms with E-state index in [1.807, 2.05) is 0 Å². The van der Waals surface area contributed by atoms with Gasteiger partial charge >= 0.3 is 0 Å². The van der Waals surface area contributed by atoms with E-state index in [9.17, 15) is 4.79 Å². The fourth-order valence-electron chi connectivity index (χ4n) is 0.732. The van der Waals surface area contributed by atoms with Crippen molar-refractivity contribution in [1.29, 1.82) is 0 Å². The number of nitrogens with two attached hydrogens (primary N) is 1. The molecule has 1 aromatic heterocycles. The van der Waals surface area contributed by atoms with Gasteiger partial charge in [-0.15, -0.1) is 0 Å². The number of carbonyl (C=O) groups is 1. The maximum atomic E-state index is 10.5. The SMILES string of the molecule is NC(=O)Cc1ccc(I)c(Cl)n1. The Morgan fingerprint density at radius 3 is 2.83 bits per heavy atom. The zero-order valence-corrected chi connectivity index (χ0v) is 8.96. The lowest BCUT2D eigenvalue weighted by molar-refractivity contribution is -0.117. The number of hydrogen-bond donors (Lipinski definition) is 1. The van der Waals surface area contributed by atoms with E-state index < -0.39 is 5.91 Å². The summed E-state index contributed by atoms with van der Waals surface area (Å²) >= 11 is 7.79. The lowest BCUT2D eigenvalue weighted by atomic mass is 10.3. The number of pyridine rings is 1. The summed E-state index contributed by atoms with van der Waals surface area (Å²) in [6.45, 7) is 0. The molecule has 0 aromatic carbocycles. The quantitative estimate of drug-likeness (QED) is 0.662. The molecule has 0 saturated heterocycles. The number of aromatic nitrogens is 1. The van der Waals surface area contributed by atoms with Gasteiger partial charge in [0.1, 0.15) is 5.15 Å². The predicted molar refractivity (Wildman–Crippen MR) is 54.9 cm³/mol. The Morgan fingerprint density at radius 2 is 2.33 bits per heavy atom. The van der Waals surface area contributed by atoms with Gasteiger partial charge in [0.25, 0.3) is 0 Å². The van der Waals surface area contributed by atoms with Gasteiger partial charge in [0.05, 0.1) is 15.7 Å². The van der Waals surface area contributed by atoms with E-state index in [2.05, 4.69) is 27.6 Å². The van der Waals surface area contributed by atoms with E-state index in [1.165, 1.54) is 0 Å². The zero-order chi connectivity index (χ0) is 9.14. The molecular formula is C7H6ClIN2O. The maximum absolute atomic E-state index is 10.5. The van der Waals surface area contributed by atoms with Gasteiger partial charge in [-0.2, -0.15) is 0 Å². The van der Waals surface area contributed by atoms with E-state index in [4.69, 9.17) is 17.3 Å². The fourth-order valence-corrected chi connectivity index (χ4v) is 1.20. The number of rotatable bonds is 2. The Labute approximate surface area is 88.4 Å². The molecule has 0 fully saturated rings. The van der Waals surface area contributed by atoms with Crippen LogP contribution < -0.4 is 5.73 Å². The minimum absolute atomic E-state index is 0.136. The highest BCUT2D eigenvalue weighted by atomic mass is 127. The molecule has 0 aliphatic heterocycles. The second-order valence-electron chi connectivity index (χ2n) is 2.22. The lowest BCUT2D eigenvalue weighted by Crippen LogP contribution is -2.14. The summed E-state index contributed by atoms with van der Waals surface area (Å²) in [5.41, 5.74) is 5.59. The molecule has 1 amide bonds. The summed E-state index contributed by atoms with van der Waals surface area (Å²) in [6.07, 6.45) is 0.136. The second-order valence-corrected chi connectivity index (χ2v) is 3.74. The molecule has 64 valence electrons. The van der Waals surface area contributed by atoms with Crippen LogP contribution in [0.4, 0.5) is 0 Å². The van der Waals surface area contributed by atoms with Crippen molar-refractivity contribution in [2.24, 2.45) is 5.73 Å². The summed E-state index contributed by atoms with van der Waals surface area (Å²) in [5, 5.41) is 0.411. The zero-order valence-electron chi connectivity index (χ0n) is 6.05. The van der Waals surface area contributed by atoms with Gasteiger partial charge in [-0.25, -0.2) is 4.98 Å². The molecule has 0 saturated carbocycles. The van der Waals surface area contributed by atoms with Gasteiger partial charge in [0.2, 0.25) is 5.91 Å². The van der Waals surface area contributed by atoms with Crippen LogP contribution in [0.1, 0.15) is 5.69 Å². The minimum atomic E-state index is -0.403. The third-order valence-corrected chi connectivity index (χ3v) is 2.69. The number of carbonyl (C=O) groups excluding carboxylic acids is 1.